The molecule has 0 aromatic carbocycles. The highest BCUT2D eigenvalue weighted by atomic mass is 35.5. The zero-order valence-electron chi connectivity index (χ0n) is 23.6. The van der Waals surface area contributed by atoms with E-state index < -0.39 is 24.4 Å². The fourth-order valence-electron chi connectivity index (χ4n) is 7.30. The number of hydrogen-bond donors (Lipinski definition) is 5. The highest BCUT2D eigenvalue weighted by molar-refractivity contribution is 8.00. The normalized spacial score (nSPS) is 43.5. The van der Waals surface area contributed by atoms with Gasteiger partial charge < -0.3 is 25.0 Å². The Morgan fingerprint density at radius 1 is 0.976 bits per heavy atom. The molecule has 0 aromatic heterocycles. The first kappa shape index (κ1) is 31.6. The maximum atomic E-state index is 13.6. The van der Waals surface area contributed by atoms with Crippen LogP contribution in [0.4, 0.5) is 13.2 Å². The summed E-state index contributed by atoms with van der Waals surface area (Å²) >= 11 is 8.08. The Morgan fingerprint density at radius 3 is 2.41 bits per heavy atom. The summed E-state index contributed by atoms with van der Waals surface area (Å²) in [6.07, 6.45) is -3.92. The number of nitrogens with one attached hydrogen (secondary N) is 5. The number of methoxy groups -OCH3 is 2. The Labute approximate surface area is 248 Å². The number of fused-ring (bicyclic) bond motifs is 1. The van der Waals surface area contributed by atoms with Crippen molar-refractivity contribution in [3.63, 3.8) is 0 Å². The van der Waals surface area contributed by atoms with Crippen LogP contribution in [-0.2, 0) is 19.1 Å². The Kier molecular flexibility index (Phi) is 10.0. The highest BCUT2D eigenvalue weighted by Crippen LogP contribution is 2.39. The van der Waals surface area contributed by atoms with Gasteiger partial charge in [0.15, 0.2) is 0 Å². The molecule has 5 fully saturated rings. The average molecular weight is 627 g/mol. The van der Waals surface area contributed by atoms with Crippen molar-refractivity contribution >= 4 is 35.2 Å². The van der Waals surface area contributed by atoms with Crippen molar-refractivity contribution in [2.24, 2.45) is 23.7 Å². The molecule has 5 N–H and O–H groups in total. The first-order valence-electron chi connectivity index (χ1n) is 14.5. The van der Waals surface area contributed by atoms with Gasteiger partial charge in [0.2, 0.25) is 11.8 Å². The first-order valence-corrected chi connectivity index (χ1v) is 15.9. The van der Waals surface area contributed by atoms with E-state index in [-0.39, 0.29) is 76.8 Å². The molecule has 0 aliphatic carbocycles. The lowest BCUT2D eigenvalue weighted by Gasteiger charge is -2.45. The van der Waals surface area contributed by atoms with E-state index in [1.54, 1.807) is 23.8 Å². The lowest BCUT2D eigenvalue weighted by atomic mass is 9.71. The van der Waals surface area contributed by atoms with Crippen LogP contribution >= 0.6 is 23.4 Å². The molecule has 0 saturated carbocycles. The monoisotopic (exact) mass is 626 g/mol. The van der Waals surface area contributed by atoms with Gasteiger partial charge in [-0.05, 0) is 38.5 Å². The molecule has 0 spiro atoms. The number of nitrogens with zero attached hydrogens (tertiary/aromatic N) is 1. The third-order valence-corrected chi connectivity index (χ3v) is 11.1. The fourth-order valence-corrected chi connectivity index (χ4v) is 9.00. The molecule has 12 unspecified atom stereocenters. The van der Waals surface area contributed by atoms with Crippen LogP contribution in [0.15, 0.2) is 0 Å². The van der Waals surface area contributed by atoms with Gasteiger partial charge in [0.25, 0.3) is 0 Å². The van der Waals surface area contributed by atoms with Gasteiger partial charge in [0, 0.05) is 69.0 Å². The number of likely N-dealkylation sites (tertiary alicyclic amines) is 1. The van der Waals surface area contributed by atoms with Crippen molar-refractivity contribution in [3.8, 4) is 0 Å². The van der Waals surface area contributed by atoms with Crippen molar-refractivity contribution in [2.45, 2.75) is 85.5 Å². The second-order valence-corrected chi connectivity index (χ2v) is 14.0. The van der Waals surface area contributed by atoms with E-state index in [0.29, 0.717) is 26.2 Å². The maximum absolute atomic E-state index is 13.6. The molecular formula is C26H42ClF3N6O4S. The number of amides is 2. The van der Waals surface area contributed by atoms with Crippen LogP contribution in [-0.4, -0.2) is 110 Å². The number of hydrogen-bond acceptors (Lipinski definition) is 9. The summed E-state index contributed by atoms with van der Waals surface area (Å²) in [5, 5.41) is 16.0. The molecule has 41 heavy (non-hydrogen) atoms. The minimum Gasteiger partial charge on any atom is -0.366 e. The van der Waals surface area contributed by atoms with E-state index in [2.05, 4.69) is 33.5 Å². The van der Waals surface area contributed by atoms with Crippen LogP contribution < -0.4 is 26.6 Å². The molecule has 5 aliphatic heterocycles. The van der Waals surface area contributed by atoms with E-state index >= 15 is 0 Å². The Balaban J connectivity index is 1.15. The number of piperidine rings is 3. The molecule has 0 radical (unpaired) electrons. The van der Waals surface area contributed by atoms with Gasteiger partial charge in [0.05, 0.1) is 11.8 Å². The molecule has 0 bridgehead atoms. The summed E-state index contributed by atoms with van der Waals surface area (Å²) in [5.41, 5.74) is -0.283. The van der Waals surface area contributed by atoms with Crippen LogP contribution in [0.25, 0.3) is 0 Å². The summed E-state index contributed by atoms with van der Waals surface area (Å²) in [7, 11) is 3.01. The van der Waals surface area contributed by atoms with Gasteiger partial charge in [-0.3, -0.25) is 25.5 Å². The average Bonchev–Trinajstić information content (AvgIpc) is 3.50. The lowest BCUT2D eigenvalue weighted by molar-refractivity contribution is -0.183. The predicted molar refractivity (Wildman–Crippen MR) is 149 cm³/mol. The Bertz CT molecular complexity index is 941. The third kappa shape index (κ3) is 6.95. The first-order chi connectivity index (χ1) is 19.5. The van der Waals surface area contributed by atoms with Crippen LogP contribution in [0.2, 0.25) is 0 Å². The maximum Gasteiger partial charge on any atom is 0.403 e. The molecule has 5 rings (SSSR count). The molecule has 5 saturated heterocycles. The summed E-state index contributed by atoms with van der Waals surface area (Å²) in [5.74, 6) is -0.888. The van der Waals surface area contributed by atoms with Gasteiger partial charge in [-0.2, -0.15) is 13.2 Å². The van der Waals surface area contributed by atoms with Crippen molar-refractivity contribution < 1.29 is 32.2 Å². The molecule has 12 atom stereocenters. The van der Waals surface area contributed by atoms with E-state index in [1.807, 2.05) is 0 Å². The molecule has 10 nitrogen and oxygen atoms in total. The quantitative estimate of drug-likeness (QED) is 0.276. The Hall–Kier alpha value is -0.870. The zero-order chi connectivity index (χ0) is 29.5. The van der Waals surface area contributed by atoms with Gasteiger partial charge in [-0.25, -0.2) is 0 Å². The summed E-state index contributed by atoms with van der Waals surface area (Å²) < 4.78 is 50.6. The molecular weight excluding hydrogens is 585 g/mol. The molecule has 5 heterocycles. The third-order valence-electron chi connectivity index (χ3n) is 9.42. The molecule has 5 aliphatic rings. The van der Waals surface area contributed by atoms with Crippen LogP contribution in [0.3, 0.4) is 0 Å². The molecule has 2 amide bonds. The number of rotatable bonds is 6. The number of halogens is 4. The summed E-state index contributed by atoms with van der Waals surface area (Å²) in [6, 6.07) is -1.41. The number of thioether (sulfide) groups is 1. The van der Waals surface area contributed by atoms with Crippen LogP contribution in [0, 0.1) is 23.7 Å². The summed E-state index contributed by atoms with van der Waals surface area (Å²) in [4.78, 5) is 28.6. The van der Waals surface area contributed by atoms with E-state index in [9.17, 15) is 22.8 Å². The minimum absolute atomic E-state index is 0.00739. The van der Waals surface area contributed by atoms with Gasteiger partial charge in [0.1, 0.15) is 24.0 Å². The van der Waals surface area contributed by atoms with Crippen molar-refractivity contribution in [3.05, 3.63) is 0 Å². The van der Waals surface area contributed by atoms with Crippen LogP contribution in [0.5, 0.6) is 0 Å². The van der Waals surface area contributed by atoms with Gasteiger partial charge >= 0.3 is 6.18 Å². The molecule has 0 aromatic rings. The predicted octanol–water partition coefficient (Wildman–Crippen LogP) is 1.01. The zero-order valence-corrected chi connectivity index (χ0v) is 25.2. The number of carbonyl (C=O) groups is 2. The lowest BCUT2D eigenvalue weighted by Crippen LogP contribution is -2.58. The van der Waals surface area contributed by atoms with Crippen molar-refractivity contribution in [1.82, 2.24) is 31.5 Å². The SMILES string of the molecule is COC1NC(C(F)(F)F)CCC1C(=O)N1CC2NC(NC(=O)C3CNC(C)CC3C3CC(Cl)CNC3OC)SC2C1. The minimum atomic E-state index is -4.38. The highest BCUT2D eigenvalue weighted by Gasteiger charge is 2.50. The van der Waals surface area contributed by atoms with Gasteiger partial charge in [-0.15, -0.1) is 23.4 Å². The van der Waals surface area contributed by atoms with Gasteiger partial charge in [-0.1, -0.05) is 0 Å². The summed E-state index contributed by atoms with van der Waals surface area (Å²) in [6.45, 7) is 4.29. The van der Waals surface area contributed by atoms with E-state index in [1.165, 1.54) is 7.11 Å². The van der Waals surface area contributed by atoms with Crippen molar-refractivity contribution in [1.29, 1.82) is 0 Å². The molecule has 234 valence electrons. The second kappa shape index (κ2) is 13.0. The fraction of sp³-hybridized carbons (Fsp3) is 0.923. The number of alkyl halides is 4. The van der Waals surface area contributed by atoms with E-state index in [0.717, 1.165) is 12.8 Å². The Morgan fingerprint density at radius 2 is 1.73 bits per heavy atom. The second-order valence-electron chi connectivity index (χ2n) is 12.1. The van der Waals surface area contributed by atoms with Crippen LogP contribution in [0.1, 0.15) is 32.6 Å². The number of carbonyl (C=O) groups excluding carboxylic acids is 2. The van der Waals surface area contributed by atoms with E-state index in [4.69, 9.17) is 21.1 Å². The topological polar surface area (TPSA) is 116 Å². The molecule has 15 heteroatoms. The smallest absolute Gasteiger partial charge is 0.366 e. The standard InChI is InChI=1S/C26H42ClF3N6O4S/c1-12-6-15(16-7-13(27)8-32-22(16)39-2)17(9-31-12)21(37)35-25-33-18-10-36(11-19(18)41-25)24(38)14-4-5-20(26(28,29)30)34-23(14)40-3/h12-20,22-23,25,31-34H,4-11H2,1-3H3,(H,35,37). The largest absolute Gasteiger partial charge is 0.403 e. The van der Waals surface area contributed by atoms with Crippen molar-refractivity contribution in [2.75, 3.05) is 40.4 Å². The number of ether oxygens (including phenoxy) is 2.